The summed E-state index contributed by atoms with van der Waals surface area (Å²) in [5, 5.41) is 8.84. The van der Waals surface area contributed by atoms with E-state index in [9.17, 15) is 9.59 Å². The maximum atomic E-state index is 11.0. The van der Waals surface area contributed by atoms with Crippen LogP contribution < -0.4 is 0 Å². The number of hydrogen-bond acceptors (Lipinski definition) is 5. The van der Waals surface area contributed by atoms with Crippen molar-refractivity contribution in [3.8, 4) is 0 Å². The Bertz CT molecular complexity index is 223. The number of aliphatic hydroxyl groups is 1. The molecule has 0 aliphatic carbocycles. The molecule has 1 fully saturated rings. The molecule has 74 valence electrons. The highest BCUT2D eigenvalue weighted by Crippen LogP contribution is 2.27. The van der Waals surface area contributed by atoms with Gasteiger partial charge >= 0.3 is 0 Å². The highest BCUT2D eigenvalue weighted by molar-refractivity contribution is 6.27. The number of rotatable bonds is 3. The van der Waals surface area contributed by atoms with Crippen molar-refractivity contribution in [2.45, 2.75) is 31.8 Å². The molecule has 1 saturated heterocycles. The first-order valence-electron chi connectivity index (χ1n) is 3.95. The smallest absolute Gasteiger partial charge is 0.226 e. The maximum absolute atomic E-state index is 11.0. The summed E-state index contributed by atoms with van der Waals surface area (Å²) >= 11 is 0. The van der Waals surface area contributed by atoms with Gasteiger partial charge in [0.25, 0.3) is 0 Å². The fourth-order valence-corrected chi connectivity index (χ4v) is 1.28. The molecule has 0 spiro atoms. The Kier molecular flexibility index (Phi) is 2.80. The van der Waals surface area contributed by atoms with E-state index in [1.54, 1.807) is 13.8 Å². The highest BCUT2D eigenvalue weighted by atomic mass is 16.8. The SMILES string of the molecule is CC1(C)O[C@@H](CO)[C@H](C(=O)C=O)O1. The lowest BCUT2D eigenvalue weighted by Gasteiger charge is -2.15. The maximum Gasteiger partial charge on any atom is 0.226 e. The van der Waals surface area contributed by atoms with Gasteiger partial charge in [-0.25, -0.2) is 0 Å². The zero-order valence-corrected chi connectivity index (χ0v) is 7.52. The average Bonchev–Trinajstić information content (AvgIpc) is 2.39. The van der Waals surface area contributed by atoms with Crippen molar-refractivity contribution in [2.24, 2.45) is 0 Å². The Morgan fingerprint density at radius 3 is 2.62 bits per heavy atom. The zero-order chi connectivity index (χ0) is 10.1. The van der Waals surface area contributed by atoms with E-state index in [-0.39, 0.29) is 12.9 Å². The van der Waals surface area contributed by atoms with Gasteiger partial charge in [0.1, 0.15) is 6.10 Å². The van der Waals surface area contributed by atoms with E-state index < -0.39 is 23.8 Å². The number of ether oxygens (including phenoxy) is 2. The normalized spacial score (nSPS) is 31.6. The highest BCUT2D eigenvalue weighted by Gasteiger charge is 2.44. The molecule has 5 nitrogen and oxygen atoms in total. The number of aliphatic hydroxyl groups excluding tert-OH is 1. The van der Waals surface area contributed by atoms with Crippen molar-refractivity contribution in [2.75, 3.05) is 6.61 Å². The average molecular weight is 188 g/mol. The van der Waals surface area contributed by atoms with Gasteiger partial charge in [-0.1, -0.05) is 0 Å². The summed E-state index contributed by atoms with van der Waals surface area (Å²) in [5.74, 6) is -1.62. The van der Waals surface area contributed by atoms with Crippen molar-refractivity contribution in [3.63, 3.8) is 0 Å². The van der Waals surface area contributed by atoms with Crippen LogP contribution in [0.1, 0.15) is 13.8 Å². The van der Waals surface area contributed by atoms with E-state index in [2.05, 4.69) is 0 Å². The van der Waals surface area contributed by atoms with Crippen molar-refractivity contribution in [3.05, 3.63) is 0 Å². The molecule has 0 radical (unpaired) electrons. The van der Waals surface area contributed by atoms with E-state index in [1.165, 1.54) is 0 Å². The van der Waals surface area contributed by atoms with E-state index in [1.807, 2.05) is 0 Å². The molecule has 0 aromatic rings. The van der Waals surface area contributed by atoms with Crippen molar-refractivity contribution < 1.29 is 24.2 Å². The molecule has 2 atom stereocenters. The van der Waals surface area contributed by atoms with E-state index in [4.69, 9.17) is 14.6 Å². The van der Waals surface area contributed by atoms with Gasteiger partial charge in [-0.05, 0) is 13.8 Å². The summed E-state index contributed by atoms with van der Waals surface area (Å²) in [5.41, 5.74) is 0. The Hall–Kier alpha value is -0.780. The van der Waals surface area contributed by atoms with Crippen LogP contribution >= 0.6 is 0 Å². The van der Waals surface area contributed by atoms with Gasteiger partial charge in [0.05, 0.1) is 6.61 Å². The lowest BCUT2D eigenvalue weighted by atomic mass is 10.1. The van der Waals surface area contributed by atoms with E-state index in [0.717, 1.165) is 0 Å². The summed E-state index contributed by atoms with van der Waals surface area (Å²) < 4.78 is 10.3. The van der Waals surface area contributed by atoms with Crippen LogP contribution in [-0.4, -0.2) is 41.8 Å². The first-order chi connectivity index (χ1) is 6.00. The van der Waals surface area contributed by atoms with Gasteiger partial charge < -0.3 is 14.6 Å². The van der Waals surface area contributed by atoms with Gasteiger partial charge in [-0.2, -0.15) is 0 Å². The molecule has 0 bridgehead atoms. The summed E-state index contributed by atoms with van der Waals surface area (Å²) in [6.45, 7) is 2.90. The first kappa shape index (κ1) is 10.3. The van der Waals surface area contributed by atoms with Gasteiger partial charge in [-0.15, -0.1) is 0 Å². The largest absolute Gasteiger partial charge is 0.394 e. The molecule has 0 amide bonds. The van der Waals surface area contributed by atoms with Crippen molar-refractivity contribution >= 4 is 12.1 Å². The molecule has 0 unspecified atom stereocenters. The van der Waals surface area contributed by atoms with Crippen molar-refractivity contribution in [1.82, 2.24) is 0 Å². The molecule has 0 aromatic carbocycles. The van der Waals surface area contributed by atoms with Gasteiger partial charge in [-0.3, -0.25) is 9.59 Å². The number of ketones is 1. The fourth-order valence-electron chi connectivity index (χ4n) is 1.28. The standard InChI is InChI=1S/C8H12O5/c1-8(2)12-6(4-10)7(13-8)5(11)3-9/h3,6-7,10H,4H2,1-2H3/t6-,7-/m0/s1. The minimum Gasteiger partial charge on any atom is -0.394 e. The lowest BCUT2D eigenvalue weighted by Crippen LogP contribution is -2.34. The third kappa shape index (κ3) is 2.12. The first-order valence-corrected chi connectivity index (χ1v) is 3.95. The minimum atomic E-state index is -0.975. The van der Waals surface area contributed by atoms with Crippen LogP contribution in [-0.2, 0) is 19.1 Å². The molecular weight excluding hydrogens is 176 g/mol. The van der Waals surface area contributed by atoms with Gasteiger partial charge in [0, 0.05) is 0 Å². The van der Waals surface area contributed by atoms with Crippen LogP contribution in [0.3, 0.4) is 0 Å². The second kappa shape index (κ2) is 3.53. The molecule has 0 aromatic heterocycles. The summed E-state index contributed by atoms with van der Waals surface area (Å²) in [6, 6.07) is 0. The fraction of sp³-hybridized carbons (Fsp3) is 0.750. The molecule has 1 aliphatic heterocycles. The summed E-state index contributed by atoms with van der Waals surface area (Å²) in [7, 11) is 0. The van der Waals surface area contributed by atoms with E-state index >= 15 is 0 Å². The van der Waals surface area contributed by atoms with Crippen LogP contribution in [0.5, 0.6) is 0 Å². The van der Waals surface area contributed by atoms with Crippen LogP contribution in [0, 0.1) is 0 Å². The molecule has 5 heteroatoms. The molecule has 1 heterocycles. The van der Waals surface area contributed by atoms with Gasteiger partial charge in [0.2, 0.25) is 5.78 Å². The third-order valence-electron chi connectivity index (χ3n) is 1.76. The Morgan fingerprint density at radius 1 is 1.54 bits per heavy atom. The number of Topliss-reactive ketones (excluding diaryl/α,β-unsaturated/α-hetero) is 1. The molecule has 1 aliphatic rings. The molecular formula is C8H12O5. The Balaban J connectivity index is 2.74. The van der Waals surface area contributed by atoms with E-state index in [0.29, 0.717) is 0 Å². The van der Waals surface area contributed by atoms with Crippen LogP contribution in [0.4, 0.5) is 0 Å². The van der Waals surface area contributed by atoms with Crippen LogP contribution in [0.15, 0.2) is 0 Å². The second-order valence-corrected chi connectivity index (χ2v) is 3.30. The minimum absolute atomic E-state index is 0.179. The van der Waals surface area contributed by atoms with Crippen molar-refractivity contribution in [1.29, 1.82) is 0 Å². The summed E-state index contributed by atoms with van der Waals surface area (Å²) in [6.07, 6.45) is -1.54. The number of aldehydes is 1. The third-order valence-corrected chi connectivity index (χ3v) is 1.76. The lowest BCUT2D eigenvalue weighted by molar-refractivity contribution is -0.156. The van der Waals surface area contributed by atoms with Crippen LogP contribution in [0.2, 0.25) is 0 Å². The Morgan fingerprint density at radius 2 is 2.15 bits per heavy atom. The second-order valence-electron chi connectivity index (χ2n) is 3.30. The number of carbonyl (C=O) groups excluding carboxylic acids is 2. The van der Waals surface area contributed by atoms with Gasteiger partial charge in [0.15, 0.2) is 18.2 Å². The monoisotopic (exact) mass is 188 g/mol. The predicted molar refractivity (Wildman–Crippen MR) is 42.0 cm³/mol. The summed E-state index contributed by atoms with van der Waals surface area (Å²) in [4.78, 5) is 21.2. The molecule has 0 saturated carbocycles. The number of carbonyl (C=O) groups is 2. The zero-order valence-electron chi connectivity index (χ0n) is 7.52. The van der Waals surface area contributed by atoms with Crippen LogP contribution in [0.25, 0.3) is 0 Å². The number of hydrogen-bond donors (Lipinski definition) is 1. The quantitative estimate of drug-likeness (QED) is 0.466. The topological polar surface area (TPSA) is 72.8 Å². The molecule has 1 N–H and O–H groups in total. The molecule has 1 rings (SSSR count). The predicted octanol–water partition coefficient (Wildman–Crippen LogP) is -0.733. The Labute approximate surface area is 75.6 Å². The molecule has 13 heavy (non-hydrogen) atoms.